The number of rotatable bonds is 8. The minimum Gasteiger partial charge on any atom is -0.321 e. The lowest BCUT2D eigenvalue weighted by Gasteiger charge is -2.28. The Morgan fingerprint density at radius 2 is 0.900 bits per heavy atom. The van der Waals surface area contributed by atoms with Crippen molar-refractivity contribution in [3.63, 3.8) is 0 Å². The molecule has 5 aromatic rings. The summed E-state index contributed by atoms with van der Waals surface area (Å²) < 4.78 is 0.272. The minimum absolute atomic E-state index is 0.00395. The minimum atomic E-state index is -2.84. The Bertz CT molecular complexity index is 1520. The molecule has 0 unspecified atom stereocenters. The molecule has 0 atom stereocenters. The first-order chi connectivity index (χ1) is 19.6. The van der Waals surface area contributed by atoms with Crippen LogP contribution in [0.15, 0.2) is 162 Å². The summed E-state index contributed by atoms with van der Waals surface area (Å²) in [6.07, 6.45) is 0. The average molecular weight is 562 g/mol. The summed E-state index contributed by atoms with van der Waals surface area (Å²) in [7, 11) is -2.84. The van der Waals surface area contributed by atoms with Crippen molar-refractivity contribution in [1.29, 1.82) is 0 Å². The summed E-state index contributed by atoms with van der Waals surface area (Å²) >= 11 is 7.52. The van der Waals surface area contributed by atoms with Crippen LogP contribution in [0, 0.1) is 0 Å². The number of carbonyl (C=O) groups excluding carboxylic acids is 2. The first-order valence-electron chi connectivity index (χ1n) is 12.8. The van der Waals surface area contributed by atoms with Crippen LogP contribution in [0.3, 0.4) is 0 Å². The van der Waals surface area contributed by atoms with E-state index in [4.69, 9.17) is 11.6 Å². The highest BCUT2D eigenvalue weighted by atomic mass is 35.5. The lowest BCUT2D eigenvalue weighted by Crippen LogP contribution is -2.37. The van der Waals surface area contributed by atoms with Crippen LogP contribution in [0.2, 0.25) is 0 Å². The summed E-state index contributed by atoms with van der Waals surface area (Å²) in [6.45, 7) is 0. The van der Waals surface area contributed by atoms with Crippen molar-refractivity contribution >= 4 is 52.3 Å². The zero-order valence-corrected chi connectivity index (χ0v) is 23.2. The van der Waals surface area contributed by atoms with Gasteiger partial charge >= 0.3 is 0 Å². The standard InChI is InChI=1S/C34H26ClN2O2P/c35-32(31(34(39)36-27-18-8-2-9-19-27)37-33(38)26-16-6-1-7-17-26)40(28-20-10-3-11-21-28,29-22-12-4-13-23-29)30-24-14-5-15-25-30/h1-25H,(H-,36,37,38,39)/p+1/b32-31+. The van der Waals surface area contributed by atoms with Crippen LogP contribution in [-0.2, 0) is 4.79 Å². The van der Waals surface area contributed by atoms with Gasteiger partial charge in [-0.2, -0.15) is 0 Å². The highest BCUT2D eigenvalue weighted by Gasteiger charge is 2.52. The highest BCUT2D eigenvalue weighted by molar-refractivity contribution is 8.00. The largest absolute Gasteiger partial charge is 0.321 e. The summed E-state index contributed by atoms with van der Waals surface area (Å²) in [6, 6.07) is 47.7. The lowest BCUT2D eigenvalue weighted by atomic mass is 10.2. The average Bonchev–Trinajstić information content (AvgIpc) is 3.02. The Morgan fingerprint density at radius 3 is 1.32 bits per heavy atom. The van der Waals surface area contributed by atoms with Gasteiger partial charge in [0.25, 0.3) is 11.8 Å². The first kappa shape index (κ1) is 27.1. The second kappa shape index (κ2) is 12.6. The Kier molecular flexibility index (Phi) is 8.51. The molecule has 0 aliphatic heterocycles. The third-order valence-corrected chi connectivity index (χ3v) is 11.4. The van der Waals surface area contributed by atoms with Crippen molar-refractivity contribution in [3.8, 4) is 0 Å². The molecule has 2 N–H and O–H groups in total. The van der Waals surface area contributed by atoms with Crippen LogP contribution >= 0.6 is 18.9 Å². The molecule has 0 fully saturated rings. The molecule has 4 nitrogen and oxygen atoms in total. The fourth-order valence-electron chi connectivity index (χ4n) is 4.60. The molecule has 6 heteroatoms. The molecule has 0 bridgehead atoms. The Morgan fingerprint density at radius 1 is 0.525 bits per heavy atom. The fourth-order valence-corrected chi connectivity index (χ4v) is 9.54. The molecule has 0 radical (unpaired) electrons. The second-order valence-electron chi connectivity index (χ2n) is 8.98. The van der Waals surface area contributed by atoms with Gasteiger partial charge in [-0.1, -0.05) is 91.0 Å². The quantitative estimate of drug-likeness (QED) is 0.169. The Hall–Kier alpha value is -4.50. The first-order valence-corrected chi connectivity index (χ1v) is 15.0. The second-order valence-corrected chi connectivity index (χ2v) is 13.0. The van der Waals surface area contributed by atoms with Crippen LogP contribution in [-0.4, -0.2) is 11.8 Å². The van der Waals surface area contributed by atoms with E-state index in [0.29, 0.717) is 11.3 Å². The third-order valence-electron chi connectivity index (χ3n) is 6.46. The van der Waals surface area contributed by atoms with Crippen molar-refractivity contribution in [2.24, 2.45) is 0 Å². The van der Waals surface area contributed by atoms with E-state index in [1.807, 2.05) is 115 Å². The summed E-state index contributed by atoms with van der Waals surface area (Å²) in [4.78, 5) is 27.5. The molecule has 5 rings (SSSR count). The predicted octanol–water partition coefficient (Wildman–Crippen LogP) is 6.46. The maximum absolute atomic E-state index is 14.0. The van der Waals surface area contributed by atoms with Crippen LogP contribution in [0.25, 0.3) is 0 Å². The number of halogens is 1. The van der Waals surface area contributed by atoms with Crippen LogP contribution in [0.5, 0.6) is 0 Å². The molecule has 0 aliphatic rings. The molecule has 0 aliphatic carbocycles. The van der Waals surface area contributed by atoms with E-state index in [0.717, 1.165) is 15.9 Å². The monoisotopic (exact) mass is 561 g/mol. The summed E-state index contributed by atoms with van der Waals surface area (Å²) in [5, 5.41) is 8.69. The van der Waals surface area contributed by atoms with Gasteiger partial charge in [0, 0.05) is 11.3 Å². The van der Waals surface area contributed by atoms with Gasteiger partial charge in [-0.15, -0.1) is 0 Å². The molecule has 0 saturated heterocycles. The molecule has 0 saturated carbocycles. The van der Waals surface area contributed by atoms with E-state index in [9.17, 15) is 9.59 Å². The number of nitrogens with one attached hydrogen (secondary N) is 2. The zero-order valence-electron chi connectivity index (χ0n) is 21.6. The molecular formula is C34H27ClN2O2P+. The number of amides is 2. The molecule has 0 spiro atoms. The Labute approximate surface area is 239 Å². The number of hydrogen-bond acceptors (Lipinski definition) is 2. The number of carbonyl (C=O) groups is 2. The van der Waals surface area contributed by atoms with Gasteiger partial charge in [0.2, 0.25) is 4.77 Å². The predicted molar refractivity (Wildman–Crippen MR) is 167 cm³/mol. The molecular weight excluding hydrogens is 535 g/mol. The maximum Gasteiger partial charge on any atom is 0.277 e. The van der Waals surface area contributed by atoms with Crippen molar-refractivity contribution in [1.82, 2.24) is 5.32 Å². The van der Waals surface area contributed by atoms with Crippen LogP contribution < -0.4 is 26.5 Å². The molecule has 2 amide bonds. The Balaban J connectivity index is 1.79. The number of benzene rings is 5. The van der Waals surface area contributed by atoms with E-state index >= 15 is 0 Å². The fraction of sp³-hybridized carbons (Fsp3) is 0. The van der Waals surface area contributed by atoms with Crippen LogP contribution in [0.4, 0.5) is 5.69 Å². The molecule has 196 valence electrons. The maximum atomic E-state index is 14.0. The lowest BCUT2D eigenvalue weighted by molar-refractivity contribution is -0.113. The van der Waals surface area contributed by atoms with Crippen LogP contribution in [0.1, 0.15) is 10.4 Å². The van der Waals surface area contributed by atoms with Gasteiger partial charge in [-0.3, -0.25) is 9.59 Å². The topological polar surface area (TPSA) is 58.2 Å². The number of anilines is 1. The van der Waals surface area contributed by atoms with Crippen molar-refractivity contribution in [2.75, 3.05) is 5.32 Å². The molecule has 0 aromatic heterocycles. The van der Waals surface area contributed by atoms with Gasteiger partial charge < -0.3 is 10.6 Å². The number of hydrogen-bond donors (Lipinski definition) is 2. The van der Waals surface area contributed by atoms with E-state index in [1.54, 1.807) is 36.4 Å². The highest BCUT2D eigenvalue weighted by Crippen LogP contribution is 2.64. The van der Waals surface area contributed by atoms with Gasteiger partial charge in [-0.05, 0) is 72.3 Å². The number of para-hydroxylation sites is 1. The normalized spacial score (nSPS) is 11.7. The zero-order chi connectivity index (χ0) is 27.8. The molecule has 40 heavy (non-hydrogen) atoms. The van der Waals surface area contributed by atoms with Gasteiger partial charge in [-0.25, -0.2) is 0 Å². The van der Waals surface area contributed by atoms with Gasteiger partial charge in [0.1, 0.15) is 15.9 Å². The van der Waals surface area contributed by atoms with E-state index < -0.39 is 19.1 Å². The van der Waals surface area contributed by atoms with E-state index in [1.165, 1.54) is 0 Å². The molecule has 5 aromatic carbocycles. The van der Waals surface area contributed by atoms with E-state index in [-0.39, 0.29) is 10.5 Å². The third kappa shape index (κ3) is 5.60. The van der Waals surface area contributed by atoms with Gasteiger partial charge in [0.05, 0.1) is 0 Å². The summed E-state index contributed by atoms with van der Waals surface area (Å²) in [5.74, 6) is -0.933. The van der Waals surface area contributed by atoms with Crippen molar-refractivity contribution in [2.45, 2.75) is 0 Å². The SMILES string of the molecule is O=C(Nc1ccccc1)/C(NC(=O)c1ccccc1)=C(/Cl)[P+](c1ccccc1)(c1ccccc1)c1ccccc1. The van der Waals surface area contributed by atoms with Gasteiger partial charge in [0.15, 0.2) is 13.0 Å². The van der Waals surface area contributed by atoms with Crippen molar-refractivity contribution < 1.29 is 9.59 Å². The smallest absolute Gasteiger partial charge is 0.277 e. The van der Waals surface area contributed by atoms with Crippen molar-refractivity contribution in [3.05, 3.63) is 168 Å². The molecule has 0 heterocycles. The summed E-state index contributed by atoms with van der Waals surface area (Å²) in [5.41, 5.74) is 1.01. The van der Waals surface area contributed by atoms with E-state index in [2.05, 4.69) is 10.6 Å².